The summed E-state index contributed by atoms with van der Waals surface area (Å²) >= 11 is 5.71. The van der Waals surface area contributed by atoms with Gasteiger partial charge in [-0.05, 0) is 30.3 Å². The monoisotopic (exact) mass is 294 g/mol. The van der Waals surface area contributed by atoms with Crippen LogP contribution in [0, 0.1) is 0 Å². The SMILES string of the molecule is O=C(O)COc1ccc(NC(=O)c2cc(Cl)c[nH]2)cc1. The number of rotatable bonds is 5. The molecule has 7 heteroatoms. The van der Waals surface area contributed by atoms with E-state index in [9.17, 15) is 9.59 Å². The van der Waals surface area contributed by atoms with Gasteiger partial charge in [0, 0.05) is 11.9 Å². The average molecular weight is 295 g/mol. The van der Waals surface area contributed by atoms with Gasteiger partial charge in [0.05, 0.1) is 5.02 Å². The minimum Gasteiger partial charge on any atom is -0.482 e. The predicted octanol–water partition coefficient (Wildman–Crippen LogP) is 2.38. The van der Waals surface area contributed by atoms with Crippen molar-refractivity contribution in [2.45, 2.75) is 0 Å². The van der Waals surface area contributed by atoms with Gasteiger partial charge in [-0.2, -0.15) is 0 Å². The first kappa shape index (κ1) is 14.0. The number of carboxylic acid groups (broad SMARTS) is 1. The van der Waals surface area contributed by atoms with Crippen LogP contribution in [0.25, 0.3) is 0 Å². The Labute approximate surface area is 119 Å². The molecule has 20 heavy (non-hydrogen) atoms. The highest BCUT2D eigenvalue weighted by atomic mass is 35.5. The smallest absolute Gasteiger partial charge is 0.341 e. The fraction of sp³-hybridized carbons (Fsp3) is 0.0769. The molecule has 1 heterocycles. The maximum Gasteiger partial charge on any atom is 0.341 e. The van der Waals surface area contributed by atoms with Crippen molar-refractivity contribution in [2.24, 2.45) is 0 Å². The van der Waals surface area contributed by atoms with Gasteiger partial charge in [-0.25, -0.2) is 4.79 Å². The Kier molecular flexibility index (Phi) is 4.27. The zero-order valence-corrected chi connectivity index (χ0v) is 11.0. The van der Waals surface area contributed by atoms with Gasteiger partial charge >= 0.3 is 5.97 Å². The molecule has 0 aliphatic heterocycles. The summed E-state index contributed by atoms with van der Waals surface area (Å²) in [4.78, 5) is 24.9. The summed E-state index contributed by atoms with van der Waals surface area (Å²) in [7, 11) is 0. The molecule has 0 bridgehead atoms. The molecule has 0 spiro atoms. The van der Waals surface area contributed by atoms with Crippen LogP contribution in [0.1, 0.15) is 10.5 Å². The Bertz CT molecular complexity index is 622. The van der Waals surface area contributed by atoms with Gasteiger partial charge in [-0.3, -0.25) is 4.79 Å². The molecule has 0 saturated carbocycles. The second kappa shape index (κ2) is 6.12. The van der Waals surface area contributed by atoms with E-state index in [4.69, 9.17) is 21.4 Å². The quantitative estimate of drug-likeness (QED) is 0.789. The Morgan fingerprint density at radius 2 is 2.00 bits per heavy atom. The van der Waals surface area contributed by atoms with E-state index in [1.807, 2.05) is 0 Å². The van der Waals surface area contributed by atoms with Crippen molar-refractivity contribution in [3.8, 4) is 5.75 Å². The number of hydrogen-bond acceptors (Lipinski definition) is 3. The molecule has 0 fully saturated rings. The molecule has 2 aromatic rings. The molecular formula is C13H11ClN2O4. The molecule has 0 unspecified atom stereocenters. The first-order valence-electron chi connectivity index (χ1n) is 5.64. The first-order chi connectivity index (χ1) is 9.54. The number of aromatic nitrogens is 1. The number of aliphatic carboxylic acids is 1. The fourth-order valence-corrected chi connectivity index (χ4v) is 1.64. The van der Waals surface area contributed by atoms with E-state index >= 15 is 0 Å². The zero-order chi connectivity index (χ0) is 14.5. The number of carbonyl (C=O) groups is 2. The number of benzene rings is 1. The second-order valence-electron chi connectivity index (χ2n) is 3.89. The zero-order valence-electron chi connectivity index (χ0n) is 10.2. The van der Waals surface area contributed by atoms with E-state index < -0.39 is 12.6 Å². The molecule has 0 atom stereocenters. The van der Waals surface area contributed by atoms with Crippen LogP contribution in [-0.2, 0) is 4.79 Å². The van der Waals surface area contributed by atoms with Gasteiger partial charge < -0.3 is 20.1 Å². The molecule has 104 valence electrons. The number of hydrogen-bond donors (Lipinski definition) is 3. The van der Waals surface area contributed by atoms with E-state index in [1.165, 1.54) is 12.3 Å². The molecule has 2 rings (SSSR count). The summed E-state index contributed by atoms with van der Waals surface area (Å²) in [6, 6.07) is 7.88. The van der Waals surface area contributed by atoms with Gasteiger partial charge in [0.15, 0.2) is 6.61 Å². The second-order valence-corrected chi connectivity index (χ2v) is 4.33. The van der Waals surface area contributed by atoms with Crippen LogP contribution in [0.2, 0.25) is 5.02 Å². The van der Waals surface area contributed by atoms with Gasteiger partial charge in [-0.1, -0.05) is 11.6 Å². The number of anilines is 1. The summed E-state index contributed by atoms with van der Waals surface area (Å²) in [5, 5.41) is 11.6. The van der Waals surface area contributed by atoms with Crippen LogP contribution in [0.3, 0.4) is 0 Å². The number of nitrogens with one attached hydrogen (secondary N) is 2. The standard InChI is InChI=1S/C13H11ClN2O4/c14-8-5-11(15-6-8)13(19)16-9-1-3-10(4-2-9)20-7-12(17)18/h1-6,15H,7H2,(H,16,19)(H,17,18). The van der Waals surface area contributed by atoms with Crippen molar-refractivity contribution < 1.29 is 19.4 Å². The van der Waals surface area contributed by atoms with Gasteiger partial charge in [0.1, 0.15) is 11.4 Å². The number of amides is 1. The predicted molar refractivity (Wildman–Crippen MR) is 73.3 cm³/mol. The molecule has 1 amide bonds. The number of halogens is 1. The van der Waals surface area contributed by atoms with Gasteiger partial charge in [0.2, 0.25) is 0 Å². The first-order valence-corrected chi connectivity index (χ1v) is 6.02. The van der Waals surface area contributed by atoms with E-state index in [-0.39, 0.29) is 5.91 Å². The maximum atomic E-state index is 11.8. The van der Waals surface area contributed by atoms with Crippen LogP contribution in [0.5, 0.6) is 5.75 Å². The summed E-state index contributed by atoms with van der Waals surface area (Å²) < 4.78 is 4.98. The molecular weight excluding hydrogens is 284 g/mol. The highest BCUT2D eigenvalue weighted by Crippen LogP contribution is 2.17. The lowest BCUT2D eigenvalue weighted by molar-refractivity contribution is -0.139. The van der Waals surface area contributed by atoms with E-state index in [1.54, 1.807) is 24.3 Å². The summed E-state index contributed by atoms with van der Waals surface area (Å²) in [5.41, 5.74) is 0.907. The Hall–Kier alpha value is -2.47. The lowest BCUT2D eigenvalue weighted by Gasteiger charge is -2.06. The average Bonchev–Trinajstić information content (AvgIpc) is 2.85. The van der Waals surface area contributed by atoms with Crippen molar-refractivity contribution in [3.63, 3.8) is 0 Å². The molecule has 0 radical (unpaired) electrons. The number of ether oxygens (including phenoxy) is 1. The summed E-state index contributed by atoms with van der Waals surface area (Å²) in [6.45, 7) is -0.410. The maximum absolute atomic E-state index is 11.8. The number of carboxylic acids is 1. The molecule has 0 aliphatic carbocycles. The van der Waals surface area contributed by atoms with Crippen molar-refractivity contribution >= 4 is 29.2 Å². The van der Waals surface area contributed by atoms with Crippen LogP contribution in [0.15, 0.2) is 36.5 Å². The third kappa shape index (κ3) is 3.76. The molecule has 0 saturated heterocycles. The normalized spacial score (nSPS) is 10.1. The Balaban J connectivity index is 1.96. The number of aromatic amines is 1. The molecule has 3 N–H and O–H groups in total. The van der Waals surface area contributed by atoms with Gasteiger partial charge in [-0.15, -0.1) is 0 Å². The van der Waals surface area contributed by atoms with Gasteiger partial charge in [0.25, 0.3) is 5.91 Å². The molecule has 6 nitrogen and oxygen atoms in total. The number of H-pyrrole nitrogens is 1. The number of carbonyl (C=O) groups excluding carboxylic acids is 1. The summed E-state index contributed by atoms with van der Waals surface area (Å²) in [6.07, 6.45) is 1.51. The fourth-order valence-electron chi connectivity index (χ4n) is 1.48. The van der Waals surface area contributed by atoms with Crippen LogP contribution in [0.4, 0.5) is 5.69 Å². The highest BCUT2D eigenvalue weighted by Gasteiger charge is 2.08. The van der Waals surface area contributed by atoms with Crippen molar-refractivity contribution in [2.75, 3.05) is 11.9 Å². The topological polar surface area (TPSA) is 91.4 Å². The Morgan fingerprint density at radius 3 is 2.55 bits per heavy atom. The van der Waals surface area contributed by atoms with Crippen LogP contribution in [-0.4, -0.2) is 28.6 Å². The van der Waals surface area contributed by atoms with E-state index in [0.29, 0.717) is 22.2 Å². The third-order valence-electron chi connectivity index (χ3n) is 2.37. The minimum absolute atomic E-state index is 0.323. The molecule has 0 aliphatic rings. The van der Waals surface area contributed by atoms with Crippen molar-refractivity contribution in [1.29, 1.82) is 0 Å². The third-order valence-corrected chi connectivity index (χ3v) is 2.59. The van der Waals surface area contributed by atoms with Crippen LogP contribution < -0.4 is 10.1 Å². The van der Waals surface area contributed by atoms with E-state index in [0.717, 1.165) is 0 Å². The Morgan fingerprint density at radius 1 is 1.30 bits per heavy atom. The highest BCUT2D eigenvalue weighted by molar-refractivity contribution is 6.31. The van der Waals surface area contributed by atoms with Crippen LogP contribution >= 0.6 is 11.6 Å². The molecule has 1 aromatic carbocycles. The van der Waals surface area contributed by atoms with Crippen molar-refractivity contribution in [3.05, 3.63) is 47.2 Å². The largest absolute Gasteiger partial charge is 0.482 e. The molecule has 1 aromatic heterocycles. The van der Waals surface area contributed by atoms with E-state index in [2.05, 4.69) is 10.3 Å². The van der Waals surface area contributed by atoms with Crippen molar-refractivity contribution in [1.82, 2.24) is 4.98 Å². The lowest BCUT2D eigenvalue weighted by Crippen LogP contribution is -2.12. The summed E-state index contributed by atoms with van der Waals surface area (Å²) in [5.74, 6) is -0.963. The lowest BCUT2D eigenvalue weighted by atomic mass is 10.3. The minimum atomic E-state index is -1.05.